The monoisotopic (exact) mass is 198 g/mol. The van der Waals surface area contributed by atoms with E-state index < -0.39 is 0 Å². The van der Waals surface area contributed by atoms with Gasteiger partial charge in [0.25, 0.3) is 0 Å². The summed E-state index contributed by atoms with van der Waals surface area (Å²) in [5.74, 6) is 1.51. The van der Waals surface area contributed by atoms with Crippen LogP contribution in [0.25, 0.3) is 0 Å². The van der Waals surface area contributed by atoms with Crippen LogP contribution in [-0.2, 0) is 4.74 Å². The molecule has 1 aliphatic carbocycles. The van der Waals surface area contributed by atoms with Crippen molar-refractivity contribution in [2.24, 2.45) is 11.8 Å². The number of nitrogens with one attached hydrogen (secondary N) is 2. The van der Waals surface area contributed by atoms with Gasteiger partial charge in [0, 0.05) is 13.2 Å². The maximum absolute atomic E-state index is 11.4. The highest BCUT2D eigenvalue weighted by Gasteiger charge is 2.32. The highest BCUT2D eigenvalue weighted by Crippen LogP contribution is 2.36. The third kappa shape index (κ3) is 2.61. The van der Waals surface area contributed by atoms with E-state index in [-0.39, 0.29) is 12.1 Å². The van der Waals surface area contributed by atoms with Gasteiger partial charge in [-0.3, -0.25) is 0 Å². The van der Waals surface area contributed by atoms with E-state index in [1.807, 2.05) is 0 Å². The summed E-state index contributed by atoms with van der Waals surface area (Å²) in [6, 6.07) is 0.172. The van der Waals surface area contributed by atoms with E-state index in [9.17, 15) is 4.79 Å². The molecule has 2 aliphatic rings. The average molecular weight is 198 g/mol. The molecule has 2 amide bonds. The predicted octanol–water partition coefficient (Wildman–Crippen LogP) is 0.730. The lowest BCUT2D eigenvalue weighted by molar-refractivity contribution is 0.188. The summed E-state index contributed by atoms with van der Waals surface area (Å²) in [4.78, 5) is 11.4. The summed E-state index contributed by atoms with van der Waals surface area (Å²) in [6.45, 7) is 4.47. The molecule has 0 bridgehead atoms. The normalized spacial score (nSPS) is 35.4. The molecule has 3 unspecified atom stereocenters. The fraction of sp³-hybridized carbons (Fsp3) is 0.900. The zero-order chi connectivity index (χ0) is 9.97. The number of rotatable bonds is 3. The van der Waals surface area contributed by atoms with Gasteiger partial charge >= 0.3 is 6.03 Å². The Morgan fingerprint density at radius 3 is 2.93 bits per heavy atom. The first kappa shape index (κ1) is 9.77. The summed E-state index contributed by atoms with van der Waals surface area (Å²) < 4.78 is 5.17. The van der Waals surface area contributed by atoms with Crippen LogP contribution in [0.5, 0.6) is 0 Å². The first-order valence-electron chi connectivity index (χ1n) is 5.38. The van der Waals surface area contributed by atoms with E-state index in [2.05, 4.69) is 17.6 Å². The minimum Gasteiger partial charge on any atom is -0.379 e. The van der Waals surface area contributed by atoms with Gasteiger partial charge in [-0.1, -0.05) is 6.92 Å². The second kappa shape index (κ2) is 4.17. The molecule has 80 valence electrons. The van der Waals surface area contributed by atoms with E-state index in [0.29, 0.717) is 12.5 Å². The van der Waals surface area contributed by atoms with Crippen LogP contribution < -0.4 is 10.6 Å². The molecule has 1 aliphatic heterocycles. The van der Waals surface area contributed by atoms with E-state index in [4.69, 9.17) is 4.74 Å². The number of carbonyl (C=O) groups is 1. The molecule has 1 saturated carbocycles. The molecular formula is C10H18N2O2. The van der Waals surface area contributed by atoms with Crippen molar-refractivity contribution in [3.63, 3.8) is 0 Å². The van der Waals surface area contributed by atoms with Gasteiger partial charge in [-0.15, -0.1) is 0 Å². The smallest absolute Gasteiger partial charge is 0.315 e. The van der Waals surface area contributed by atoms with Gasteiger partial charge in [0.05, 0.1) is 12.6 Å². The van der Waals surface area contributed by atoms with E-state index >= 15 is 0 Å². The van der Waals surface area contributed by atoms with Gasteiger partial charge in [0.2, 0.25) is 0 Å². The average Bonchev–Trinajstić information content (AvgIpc) is 2.65. The molecule has 3 atom stereocenters. The Balaban J connectivity index is 1.58. The van der Waals surface area contributed by atoms with Gasteiger partial charge in [-0.2, -0.15) is 0 Å². The van der Waals surface area contributed by atoms with Gasteiger partial charge in [0.15, 0.2) is 0 Å². The lowest BCUT2D eigenvalue weighted by Gasteiger charge is -2.11. The number of hydrogen-bond acceptors (Lipinski definition) is 2. The largest absolute Gasteiger partial charge is 0.379 e. The zero-order valence-electron chi connectivity index (χ0n) is 8.58. The van der Waals surface area contributed by atoms with Crippen molar-refractivity contribution < 1.29 is 9.53 Å². The minimum absolute atomic E-state index is 0.0420. The molecule has 0 aromatic carbocycles. The SMILES string of the molecule is CC1CC1CNC(=O)NC1CCOC1. The summed E-state index contributed by atoms with van der Waals surface area (Å²) in [6.07, 6.45) is 2.19. The lowest BCUT2D eigenvalue weighted by Crippen LogP contribution is -2.43. The van der Waals surface area contributed by atoms with Crippen molar-refractivity contribution in [2.75, 3.05) is 19.8 Å². The van der Waals surface area contributed by atoms with Crippen LogP contribution in [0.15, 0.2) is 0 Å². The molecule has 1 heterocycles. The second-order valence-corrected chi connectivity index (χ2v) is 4.39. The third-order valence-corrected chi connectivity index (χ3v) is 3.07. The number of ether oxygens (including phenoxy) is 1. The maximum atomic E-state index is 11.4. The topological polar surface area (TPSA) is 50.4 Å². The molecule has 0 radical (unpaired) electrons. The molecule has 0 spiro atoms. The number of hydrogen-bond donors (Lipinski definition) is 2. The molecule has 2 fully saturated rings. The Morgan fingerprint density at radius 1 is 1.57 bits per heavy atom. The predicted molar refractivity (Wildman–Crippen MR) is 53.0 cm³/mol. The Bertz CT molecular complexity index is 214. The molecule has 4 nitrogen and oxygen atoms in total. The highest BCUT2D eigenvalue weighted by molar-refractivity contribution is 5.74. The summed E-state index contributed by atoms with van der Waals surface area (Å²) in [5.41, 5.74) is 0. The van der Waals surface area contributed by atoms with Crippen LogP contribution in [0, 0.1) is 11.8 Å². The Kier molecular flexibility index (Phi) is 2.91. The number of carbonyl (C=O) groups excluding carboxylic acids is 1. The minimum atomic E-state index is -0.0420. The van der Waals surface area contributed by atoms with Crippen molar-refractivity contribution in [2.45, 2.75) is 25.8 Å². The molecule has 4 heteroatoms. The molecule has 0 aromatic heterocycles. The van der Waals surface area contributed by atoms with E-state index in [1.54, 1.807) is 0 Å². The molecule has 0 aromatic rings. The first-order valence-corrected chi connectivity index (χ1v) is 5.38. The fourth-order valence-corrected chi connectivity index (χ4v) is 1.79. The third-order valence-electron chi connectivity index (χ3n) is 3.07. The summed E-state index contributed by atoms with van der Waals surface area (Å²) >= 11 is 0. The van der Waals surface area contributed by atoms with E-state index in [0.717, 1.165) is 25.5 Å². The summed E-state index contributed by atoms with van der Waals surface area (Å²) in [7, 11) is 0. The fourth-order valence-electron chi connectivity index (χ4n) is 1.79. The number of amides is 2. The molecular weight excluding hydrogens is 180 g/mol. The van der Waals surface area contributed by atoms with Crippen molar-refractivity contribution in [3.8, 4) is 0 Å². The van der Waals surface area contributed by atoms with Crippen LogP contribution in [0.2, 0.25) is 0 Å². The molecule has 14 heavy (non-hydrogen) atoms. The van der Waals surface area contributed by atoms with Gasteiger partial charge < -0.3 is 15.4 Å². The van der Waals surface area contributed by atoms with Crippen LogP contribution in [0.3, 0.4) is 0 Å². The van der Waals surface area contributed by atoms with Crippen LogP contribution in [0.4, 0.5) is 4.79 Å². The Labute approximate surface area is 84.4 Å². The summed E-state index contributed by atoms with van der Waals surface area (Å²) in [5, 5.41) is 5.80. The van der Waals surface area contributed by atoms with Crippen LogP contribution in [0.1, 0.15) is 19.8 Å². The quantitative estimate of drug-likeness (QED) is 0.702. The first-order chi connectivity index (χ1) is 6.75. The van der Waals surface area contributed by atoms with Crippen LogP contribution in [-0.4, -0.2) is 31.8 Å². The zero-order valence-corrected chi connectivity index (χ0v) is 8.58. The molecule has 2 N–H and O–H groups in total. The molecule has 1 saturated heterocycles. The van der Waals surface area contributed by atoms with Crippen molar-refractivity contribution >= 4 is 6.03 Å². The van der Waals surface area contributed by atoms with Crippen molar-refractivity contribution in [1.29, 1.82) is 0 Å². The van der Waals surface area contributed by atoms with Gasteiger partial charge in [-0.05, 0) is 24.7 Å². The Morgan fingerprint density at radius 2 is 2.36 bits per heavy atom. The van der Waals surface area contributed by atoms with Crippen molar-refractivity contribution in [1.82, 2.24) is 10.6 Å². The molecule has 2 rings (SSSR count). The van der Waals surface area contributed by atoms with Gasteiger partial charge in [0.1, 0.15) is 0 Å². The Hall–Kier alpha value is -0.770. The van der Waals surface area contributed by atoms with E-state index in [1.165, 1.54) is 6.42 Å². The standard InChI is InChI=1S/C10H18N2O2/c1-7-4-8(7)5-11-10(13)12-9-2-3-14-6-9/h7-9H,2-6H2,1H3,(H2,11,12,13). The van der Waals surface area contributed by atoms with Gasteiger partial charge in [-0.25, -0.2) is 4.79 Å². The lowest BCUT2D eigenvalue weighted by atomic mass is 10.3. The van der Waals surface area contributed by atoms with Crippen LogP contribution >= 0.6 is 0 Å². The maximum Gasteiger partial charge on any atom is 0.315 e. The van der Waals surface area contributed by atoms with Crippen molar-refractivity contribution in [3.05, 3.63) is 0 Å². The number of urea groups is 1. The highest BCUT2D eigenvalue weighted by atomic mass is 16.5. The second-order valence-electron chi connectivity index (χ2n) is 4.39.